The number of carbonyl (C=O) groups excluding carboxylic acids is 1. The van der Waals surface area contributed by atoms with Gasteiger partial charge >= 0.3 is 0 Å². The van der Waals surface area contributed by atoms with Crippen molar-refractivity contribution >= 4 is 29.0 Å². The van der Waals surface area contributed by atoms with Gasteiger partial charge in [0.05, 0.1) is 0 Å². The maximum Gasteiger partial charge on any atom is 0.204 e. The summed E-state index contributed by atoms with van der Waals surface area (Å²) in [4.78, 5) is 8.58. The van der Waals surface area contributed by atoms with Crippen molar-refractivity contribution in [2.75, 3.05) is 0 Å². The van der Waals surface area contributed by atoms with Gasteiger partial charge in [-0.15, -0.1) is 0 Å². The number of hydrogen-bond acceptors (Lipinski definition) is 1. The maximum atomic E-state index is 8.58. The molecule has 2 nitrogen and oxygen atoms in total. The molecular formula is C9H12INO. The van der Waals surface area contributed by atoms with Crippen molar-refractivity contribution in [1.82, 2.24) is 0 Å². The van der Waals surface area contributed by atoms with E-state index in [9.17, 15) is 0 Å². The van der Waals surface area contributed by atoms with Crippen molar-refractivity contribution in [2.45, 2.75) is 13.3 Å². The van der Waals surface area contributed by atoms with Gasteiger partial charge in [0.2, 0.25) is 6.41 Å². The highest BCUT2D eigenvalue weighted by molar-refractivity contribution is 14.1. The van der Waals surface area contributed by atoms with Crippen LogP contribution in [0.2, 0.25) is 0 Å². The van der Waals surface area contributed by atoms with E-state index in [2.05, 4.69) is 59.5 Å². The summed E-state index contributed by atoms with van der Waals surface area (Å²) in [6.07, 6.45) is 1.39. The molecule has 0 aliphatic carbocycles. The smallest absolute Gasteiger partial charge is 0.204 e. The molecule has 3 heteroatoms. The summed E-state index contributed by atoms with van der Waals surface area (Å²) >= 11 is 2.36. The molecule has 66 valence electrons. The van der Waals surface area contributed by atoms with Crippen molar-refractivity contribution in [3.8, 4) is 0 Å². The summed E-state index contributed by atoms with van der Waals surface area (Å²) in [5, 5.41) is 0. The average Bonchev–Trinajstić information content (AvgIpc) is 2.07. The number of rotatable bonds is 1. The zero-order chi connectivity index (χ0) is 9.40. The van der Waals surface area contributed by atoms with Crippen LogP contribution < -0.4 is 5.73 Å². The number of hydrogen-bond donors (Lipinski definition) is 1. The summed E-state index contributed by atoms with van der Waals surface area (Å²) in [5.74, 6) is 0. The molecule has 0 unspecified atom stereocenters. The number of primary amides is 1. The monoisotopic (exact) mass is 277 g/mol. The highest BCUT2D eigenvalue weighted by Crippen LogP contribution is 2.10. The van der Waals surface area contributed by atoms with Gasteiger partial charge in [0.1, 0.15) is 0 Å². The van der Waals surface area contributed by atoms with Crippen LogP contribution in [0.1, 0.15) is 12.5 Å². The average molecular weight is 277 g/mol. The van der Waals surface area contributed by atoms with Crippen molar-refractivity contribution in [2.24, 2.45) is 5.73 Å². The fraction of sp³-hybridized carbons (Fsp3) is 0.222. The largest absolute Gasteiger partial charge is 0.372 e. The molecule has 0 saturated carbocycles. The molecule has 2 N–H and O–H groups in total. The Bertz CT molecular complexity index is 238. The van der Waals surface area contributed by atoms with Crippen molar-refractivity contribution in [1.29, 1.82) is 0 Å². The van der Waals surface area contributed by atoms with Crippen molar-refractivity contribution in [3.05, 3.63) is 33.4 Å². The standard InChI is InChI=1S/C8H9I.CH3NO/c1-2-7-5-3-4-6-8(7)9;2-1-3/h3-6H,2H2,1H3;1H,(H2,2,3). The van der Waals surface area contributed by atoms with Gasteiger partial charge in [0.15, 0.2) is 0 Å². The molecule has 12 heavy (non-hydrogen) atoms. The van der Waals surface area contributed by atoms with Gasteiger partial charge in [-0.2, -0.15) is 0 Å². The molecular weight excluding hydrogens is 265 g/mol. The van der Waals surface area contributed by atoms with Gasteiger partial charge in [0, 0.05) is 3.57 Å². The lowest BCUT2D eigenvalue weighted by atomic mass is 10.2. The molecule has 0 aromatic heterocycles. The van der Waals surface area contributed by atoms with Gasteiger partial charge in [-0.1, -0.05) is 25.1 Å². The van der Waals surface area contributed by atoms with Crippen LogP contribution in [0.15, 0.2) is 24.3 Å². The Labute approximate surface area is 86.3 Å². The second-order valence-corrected chi connectivity index (χ2v) is 3.24. The molecule has 0 aliphatic rings. The van der Waals surface area contributed by atoms with Crippen LogP contribution in [0.5, 0.6) is 0 Å². The van der Waals surface area contributed by atoms with E-state index in [-0.39, 0.29) is 6.41 Å². The van der Waals surface area contributed by atoms with Gasteiger partial charge in [-0.3, -0.25) is 4.79 Å². The number of benzene rings is 1. The summed E-state index contributed by atoms with van der Waals surface area (Å²) in [5.41, 5.74) is 5.61. The molecule has 0 heterocycles. The zero-order valence-corrected chi connectivity index (χ0v) is 9.11. The third-order valence-electron chi connectivity index (χ3n) is 1.34. The third kappa shape index (κ3) is 4.33. The van der Waals surface area contributed by atoms with Crippen LogP contribution >= 0.6 is 22.6 Å². The number of aryl methyl sites for hydroxylation is 1. The van der Waals surface area contributed by atoms with E-state index in [1.54, 1.807) is 0 Å². The van der Waals surface area contributed by atoms with E-state index in [1.165, 1.54) is 9.13 Å². The molecule has 0 saturated heterocycles. The van der Waals surface area contributed by atoms with Crippen LogP contribution in [-0.4, -0.2) is 6.41 Å². The lowest BCUT2D eigenvalue weighted by molar-refractivity contribution is -0.106. The van der Waals surface area contributed by atoms with Crippen LogP contribution in [0.25, 0.3) is 0 Å². The second-order valence-electron chi connectivity index (χ2n) is 2.08. The highest BCUT2D eigenvalue weighted by Gasteiger charge is 1.91. The van der Waals surface area contributed by atoms with Crippen molar-refractivity contribution < 1.29 is 4.79 Å². The molecule has 0 bridgehead atoms. The fourth-order valence-electron chi connectivity index (χ4n) is 0.785. The lowest BCUT2D eigenvalue weighted by Crippen LogP contribution is -1.82. The summed E-state index contributed by atoms with van der Waals surface area (Å²) in [7, 11) is 0. The molecule has 0 spiro atoms. The molecule has 0 radical (unpaired) electrons. The fourth-order valence-corrected chi connectivity index (χ4v) is 1.55. The first-order chi connectivity index (χ1) is 5.76. The number of amides is 1. The highest BCUT2D eigenvalue weighted by atomic mass is 127. The summed E-state index contributed by atoms with van der Waals surface area (Å²) in [6, 6.07) is 8.46. The summed E-state index contributed by atoms with van der Waals surface area (Å²) < 4.78 is 1.37. The van der Waals surface area contributed by atoms with Gasteiger partial charge < -0.3 is 5.73 Å². The molecule has 1 aromatic rings. The lowest BCUT2D eigenvalue weighted by Gasteiger charge is -1.96. The van der Waals surface area contributed by atoms with E-state index in [4.69, 9.17) is 4.79 Å². The maximum absolute atomic E-state index is 8.58. The Kier molecular flexibility index (Phi) is 6.75. The Hall–Kier alpha value is -0.580. The minimum Gasteiger partial charge on any atom is -0.372 e. The molecule has 0 atom stereocenters. The van der Waals surface area contributed by atoms with Crippen LogP contribution in [0.4, 0.5) is 0 Å². The molecule has 0 aliphatic heterocycles. The minimum atomic E-state index is 0.250. The summed E-state index contributed by atoms with van der Waals surface area (Å²) in [6.45, 7) is 2.18. The quantitative estimate of drug-likeness (QED) is 0.619. The predicted octanol–water partition coefficient (Wildman–Crippen LogP) is 1.96. The van der Waals surface area contributed by atoms with E-state index < -0.39 is 0 Å². The Morgan fingerprint density at radius 1 is 1.50 bits per heavy atom. The zero-order valence-electron chi connectivity index (χ0n) is 6.96. The second kappa shape index (κ2) is 7.09. The molecule has 1 rings (SSSR count). The third-order valence-corrected chi connectivity index (χ3v) is 2.39. The number of carbonyl (C=O) groups is 1. The first-order valence-electron chi connectivity index (χ1n) is 3.65. The van der Waals surface area contributed by atoms with Crippen LogP contribution in [-0.2, 0) is 11.2 Å². The van der Waals surface area contributed by atoms with Crippen LogP contribution in [0, 0.1) is 3.57 Å². The Balaban J connectivity index is 0.000000354. The van der Waals surface area contributed by atoms with E-state index in [1.807, 2.05) is 0 Å². The SMILES string of the molecule is CCc1ccccc1I.NC=O. The Morgan fingerprint density at radius 3 is 2.33 bits per heavy atom. The first kappa shape index (κ1) is 11.4. The van der Waals surface area contributed by atoms with E-state index >= 15 is 0 Å². The normalized spacial score (nSPS) is 8.17. The molecule has 0 fully saturated rings. The van der Waals surface area contributed by atoms with Gasteiger partial charge in [-0.05, 0) is 40.6 Å². The molecule has 1 amide bonds. The van der Waals surface area contributed by atoms with Gasteiger partial charge in [-0.25, -0.2) is 0 Å². The van der Waals surface area contributed by atoms with Gasteiger partial charge in [0.25, 0.3) is 0 Å². The van der Waals surface area contributed by atoms with E-state index in [0.717, 1.165) is 6.42 Å². The predicted molar refractivity (Wildman–Crippen MR) is 58.8 cm³/mol. The number of nitrogens with two attached hydrogens (primary N) is 1. The van der Waals surface area contributed by atoms with Crippen LogP contribution in [0.3, 0.4) is 0 Å². The molecule has 1 aromatic carbocycles. The number of halogens is 1. The van der Waals surface area contributed by atoms with Crippen molar-refractivity contribution in [3.63, 3.8) is 0 Å². The topological polar surface area (TPSA) is 43.1 Å². The minimum absolute atomic E-state index is 0.250. The first-order valence-corrected chi connectivity index (χ1v) is 4.72. The Morgan fingerprint density at radius 2 is 2.00 bits per heavy atom. The van der Waals surface area contributed by atoms with E-state index in [0.29, 0.717) is 0 Å².